The minimum atomic E-state index is -0.201. The molecular weight excluding hydrogens is 250 g/mol. The predicted octanol–water partition coefficient (Wildman–Crippen LogP) is 1.28. The summed E-state index contributed by atoms with van der Waals surface area (Å²) in [7, 11) is 1.81. The molecule has 0 bridgehead atoms. The molecule has 1 heterocycles. The van der Waals surface area contributed by atoms with E-state index in [1.165, 1.54) is 11.8 Å². The molecule has 6 heteroatoms. The molecule has 1 aromatic heterocycles. The lowest BCUT2D eigenvalue weighted by atomic mass is 10.0. The number of aliphatic hydroxyl groups excluding tert-OH is 1. The molecule has 0 unspecified atom stereocenters. The Balaban J connectivity index is 2.74. The zero-order valence-electron chi connectivity index (χ0n) is 11.3. The monoisotopic (exact) mass is 271 g/mol. The number of hydrogen-bond donors (Lipinski definition) is 2. The van der Waals surface area contributed by atoms with Gasteiger partial charge in [0.05, 0.1) is 24.4 Å². The smallest absolute Gasteiger partial charge is 0.255 e. The molecule has 102 valence electrons. The van der Waals surface area contributed by atoms with E-state index in [0.717, 1.165) is 11.4 Å². The largest absolute Gasteiger partial charge is 0.394 e. The minimum absolute atomic E-state index is 0.0429. The lowest BCUT2D eigenvalue weighted by Crippen LogP contribution is -2.38. The van der Waals surface area contributed by atoms with E-state index in [4.69, 9.17) is 0 Å². The fourth-order valence-corrected chi connectivity index (χ4v) is 2.51. The summed E-state index contributed by atoms with van der Waals surface area (Å²) in [4.78, 5) is 12.1. The van der Waals surface area contributed by atoms with Crippen LogP contribution in [0, 0.1) is 5.92 Å². The van der Waals surface area contributed by atoms with Crippen molar-refractivity contribution in [3.05, 3.63) is 11.8 Å². The van der Waals surface area contributed by atoms with Crippen molar-refractivity contribution < 1.29 is 9.90 Å². The number of aliphatic hydroxyl groups is 1. The van der Waals surface area contributed by atoms with E-state index in [-0.39, 0.29) is 18.6 Å². The molecule has 1 rings (SSSR count). The molecule has 0 saturated carbocycles. The molecule has 1 aromatic rings. The van der Waals surface area contributed by atoms with Crippen molar-refractivity contribution in [1.82, 2.24) is 15.1 Å². The van der Waals surface area contributed by atoms with Crippen LogP contribution in [0.25, 0.3) is 0 Å². The van der Waals surface area contributed by atoms with Gasteiger partial charge >= 0.3 is 0 Å². The van der Waals surface area contributed by atoms with Crippen LogP contribution in [-0.2, 0) is 7.05 Å². The standard InChI is InChI=1S/C12H21N3O2S/c1-8(2)5-9(7-16)14-11(17)10-6-13-15(3)12(10)18-4/h6,8-9,16H,5,7H2,1-4H3,(H,14,17)/t9-/m1/s1. The van der Waals surface area contributed by atoms with E-state index in [1.807, 2.05) is 6.26 Å². The quantitative estimate of drug-likeness (QED) is 0.765. The van der Waals surface area contributed by atoms with Crippen molar-refractivity contribution in [2.24, 2.45) is 13.0 Å². The van der Waals surface area contributed by atoms with E-state index < -0.39 is 0 Å². The van der Waals surface area contributed by atoms with Crippen LogP contribution >= 0.6 is 11.8 Å². The molecule has 0 aliphatic carbocycles. The van der Waals surface area contributed by atoms with Gasteiger partial charge in [0, 0.05) is 7.05 Å². The normalized spacial score (nSPS) is 12.8. The maximum Gasteiger partial charge on any atom is 0.255 e. The summed E-state index contributed by atoms with van der Waals surface area (Å²) in [5.74, 6) is 0.253. The molecule has 0 aliphatic rings. The Labute approximate surface area is 112 Å². The van der Waals surface area contributed by atoms with E-state index in [9.17, 15) is 9.90 Å². The Morgan fingerprint density at radius 2 is 2.28 bits per heavy atom. The summed E-state index contributed by atoms with van der Waals surface area (Å²) in [6.07, 6.45) is 4.23. The molecule has 0 fully saturated rings. The van der Waals surface area contributed by atoms with Crippen molar-refractivity contribution in [2.75, 3.05) is 12.9 Å². The number of carbonyl (C=O) groups excluding carboxylic acids is 1. The van der Waals surface area contributed by atoms with Gasteiger partial charge in [0.2, 0.25) is 0 Å². The van der Waals surface area contributed by atoms with Gasteiger partial charge in [-0.25, -0.2) is 0 Å². The topological polar surface area (TPSA) is 67.2 Å². The number of nitrogens with zero attached hydrogens (tertiary/aromatic N) is 2. The molecule has 1 atom stereocenters. The molecular formula is C12H21N3O2S. The average molecular weight is 271 g/mol. The fraction of sp³-hybridized carbons (Fsp3) is 0.667. The Morgan fingerprint density at radius 3 is 2.78 bits per heavy atom. The second-order valence-electron chi connectivity index (χ2n) is 4.67. The molecule has 1 amide bonds. The first-order valence-electron chi connectivity index (χ1n) is 5.97. The van der Waals surface area contributed by atoms with Gasteiger partial charge in [-0.3, -0.25) is 9.48 Å². The van der Waals surface area contributed by atoms with Crippen molar-refractivity contribution in [1.29, 1.82) is 0 Å². The summed E-state index contributed by atoms with van der Waals surface area (Å²) >= 11 is 1.48. The van der Waals surface area contributed by atoms with E-state index in [0.29, 0.717) is 11.5 Å². The lowest BCUT2D eigenvalue weighted by Gasteiger charge is -2.18. The first-order valence-corrected chi connectivity index (χ1v) is 7.19. The molecule has 5 nitrogen and oxygen atoms in total. The first kappa shape index (κ1) is 15.0. The number of rotatable bonds is 6. The van der Waals surface area contributed by atoms with Gasteiger partial charge in [0.1, 0.15) is 5.03 Å². The Kier molecular flexibility index (Phi) is 5.68. The lowest BCUT2D eigenvalue weighted by molar-refractivity contribution is 0.0905. The van der Waals surface area contributed by atoms with Crippen molar-refractivity contribution >= 4 is 17.7 Å². The first-order chi connectivity index (χ1) is 8.49. The number of aryl methyl sites for hydroxylation is 1. The van der Waals surface area contributed by atoms with Crippen molar-refractivity contribution in [3.8, 4) is 0 Å². The number of carbonyl (C=O) groups is 1. The summed E-state index contributed by atoms with van der Waals surface area (Å²) in [5, 5.41) is 17.0. The highest BCUT2D eigenvalue weighted by atomic mass is 32.2. The highest BCUT2D eigenvalue weighted by Crippen LogP contribution is 2.19. The zero-order chi connectivity index (χ0) is 13.7. The number of hydrogen-bond acceptors (Lipinski definition) is 4. The summed E-state index contributed by atoms with van der Waals surface area (Å²) in [6.45, 7) is 4.08. The average Bonchev–Trinajstić information content (AvgIpc) is 2.68. The van der Waals surface area contributed by atoms with Gasteiger partial charge in [-0.05, 0) is 18.6 Å². The van der Waals surface area contributed by atoms with Gasteiger partial charge in [-0.1, -0.05) is 13.8 Å². The third kappa shape index (κ3) is 3.74. The molecule has 18 heavy (non-hydrogen) atoms. The molecule has 0 saturated heterocycles. The number of aromatic nitrogens is 2. The van der Waals surface area contributed by atoms with Gasteiger partial charge in [0.25, 0.3) is 5.91 Å². The predicted molar refractivity (Wildman–Crippen MR) is 72.8 cm³/mol. The SMILES string of the molecule is CSc1c(C(=O)N[C@@H](CO)CC(C)C)cnn1C. The van der Waals surface area contributed by atoms with Crippen molar-refractivity contribution in [2.45, 2.75) is 31.3 Å². The van der Waals surface area contributed by atoms with Gasteiger partial charge < -0.3 is 10.4 Å². The molecule has 0 spiro atoms. The third-order valence-corrected chi connectivity index (χ3v) is 3.50. The second-order valence-corrected chi connectivity index (χ2v) is 5.47. The van der Waals surface area contributed by atoms with E-state index >= 15 is 0 Å². The van der Waals surface area contributed by atoms with Crippen LogP contribution in [0.3, 0.4) is 0 Å². The van der Waals surface area contributed by atoms with Crippen LogP contribution in [0.15, 0.2) is 11.2 Å². The van der Waals surface area contributed by atoms with Crippen LogP contribution in [0.5, 0.6) is 0 Å². The summed E-state index contributed by atoms with van der Waals surface area (Å²) in [5.41, 5.74) is 0.562. The Bertz CT molecular complexity index is 404. The highest BCUT2D eigenvalue weighted by molar-refractivity contribution is 7.98. The molecule has 0 aliphatic heterocycles. The number of amides is 1. The maximum atomic E-state index is 12.1. The van der Waals surface area contributed by atoms with Crippen LogP contribution in [0.4, 0.5) is 0 Å². The second kappa shape index (κ2) is 6.80. The highest BCUT2D eigenvalue weighted by Gasteiger charge is 2.19. The van der Waals surface area contributed by atoms with Gasteiger partial charge in [0.15, 0.2) is 0 Å². The summed E-state index contributed by atoms with van der Waals surface area (Å²) < 4.78 is 1.68. The van der Waals surface area contributed by atoms with E-state index in [2.05, 4.69) is 24.3 Å². The Hall–Kier alpha value is -1.01. The number of thioether (sulfide) groups is 1. The van der Waals surface area contributed by atoms with Gasteiger partial charge in [-0.2, -0.15) is 5.10 Å². The maximum absolute atomic E-state index is 12.1. The number of nitrogens with one attached hydrogen (secondary N) is 1. The van der Waals surface area contributed by atoms with Crippen LogP contribution in [0.2, 0.25) is 0 Å². The fourth-order valence-electron chi connectivity index (χ4n) is 1.84. The van der Waals surface area contributed by atoms with E-state index in [1.54, 1.807) is 17.9 Å². The van der Waals surface area contributed by atoms with Crippen LogP contribution in [0.1, 0.15) is 30.6 Å². The molecule has 0 aromatic carbocycles. The van der Waals surface area contributed by atoms with Crippen LogP contribution < -0.4 is 5.32 Å². The molecule has 0 radical (unpaired) electrons. The molecule has 2 N–H and O–H groups in total. The Morgan fingerprint density at radius 1 is 1.61 bits per heavy atom. The van der Waals surface area contributed by atoms with Crippen molar-refractivity contribution in [3.63, 3.8) is 0 Å². The van der Waals surface area contributed by atoms with Crippen LogP contribution in [-0.4, -0.2) is 39.7 Å². The minimum Gasteiger partial charge on any atom is -0.394 e. The summed E-state index contributed by atoms with van der Waals surface area (Å²) in [6, 6.07) is -0.201. The third-order valence-electron chi connectivity index (χ3n) is 2.63. The van der Waals surface area contributed by atoms with Gasteiger partial charge in [-0.15, -0.1) is 11.8 Å². The zero-order valence-corrected chi connectivity index (χ0v) is 12.1.